The molecule has 4 rings (SSSR count). The summed E-state index contributed by atoms with van der Waals surface area (Å²) in [6, 6.07) is 6.66. The molecule has 0 saturated carbocycles. The normalized spacial score (nSPS) is 22.7. The number of likely N-dealkylation sites (tertiary alicyclic amines) is 1. The van der Waals surface area contributed by atoms with Crippen LogP contribution in [0.1, 0.15) is 91.5 Å². The van der Waals surface area contributed by atoms with Gasteiger partial charge in [0, 0.05) is 44.1 Å². The van der Waals surface area contributed by atoms with Gasteiger partial charge in [0.2, 0.25) is 5.91 Å². The first-order chi connectivity index (χ1) is 17.5. The first kappa shape index (κ1) is 27.8. The summed E-state index contributed by atoms with van der Waals surface area (Å²) in [5.41, 5.74) is 2.66. The predicted octanol–water partition coefficient (Wildman–Crippen LogP) is 6.79. The molecule has 3 saturated heterocycles. The fraction of sp³-hybridized carbons (Fsp3) is 0.742. The topological polar surface area (TPSA) is 53.1 Å². The maximum Gasteiger partial charge on any atom is 0.410 e. The fourth-order valence-corrected chi connectivity index (χ4v) is 6.60. The Morgan fingerprint density at radius 2 is 1.84 bits per heavy atom. The zero-order chi connectivity index (χ0) is 26.8. The highest BCUT2D eigenvalue weighted by atomic mass is 16.6. The van der Waals surface area contributed by atoms with Crippen LogP contribution in [0.3, 0.4) is 0 Å². The van der Waals surface area contributed by atoms with E-state index in [1.54, 1.807) is 4.90 Å². The number of carbonyl (C=O) groups excluding carboxylic acids is 2. The van der Waals surface area contributed by atoms with Gasteiger partial charge in [0.15, 0.2) is 0 Å². The lowest BCUT2D eigenvalue weighted by molar-refractivity contribution is -0.128. The van der Waals surface area contributed by atoms with E-state index in [1.807, 2.05) is 25.7 Å². The quantitative estimate of drug-likeness (QED) is 0.404. The highest BCUT2D eigenvalue weighted by Crippen LogP contribution is 2.44. The Morgan fingerprint density at radius 3 is 2.49 bits per heavy atom. The average molecular weight is 512 g/mol. The maximum atomic E-state index is 13.7. The Balaban J connectivity index is 1.34. The van der Waals surface area contributed by atoms with Gasteiger partial charge < -0.3 is 19.4 Å². The highest BCUT2D eigenvalue weighted by Gasteiger charge is 2.49. The number of nitrogens with zero attached hydrogens (tertiary/aromatic N) is 3. The molecule has 0 radical (unpaired) electrons. The lowest BCUT2D eigenvalue weighted by Gasteiger charge is -2.38. The van der Waals surface area contributed by atoms with Crippen molar-refractivity contribution in [1.29, 1.82) is 0 Å². The molecule has 1 aromatic carbocycles. The number of anilines is 2. The van der Waals surface area contributed by atoms with Gasteiger partial charge in [-0.2, -0.15) is 0 Å². The summed E-state index contributed by atoms with van der Waals surface area (Å²) >= 11 is 0. The molecule has 6 heteroatoms. The predicted molar refractivity (Wildman–Crippen MR) is 151 cm³/mol. The second-order valence-electron chi connectivity index (χ2n) is 13.0. The smallest absolute Gasteiger partial charge is 0.410 e. The third-order valence-electron chi connectivity index (χ3n) is 8.79. The lowest BCUT2D eigenvalue weighted by atomic mass is 9.77. The third kappa shape index (κ3) is 6.43. The summed E-state index contributed by atoms with van der Waals surface area (Å²) in [6.45, 7) is 16.7. The average Bonchev–Trinajstić information content (AvgIpc) is 3.42. The number of hydrogen-bond acceptors (Lipinski definition) is 4. The van der Waals surface area contributed by atoms with Crippen molar-refractivity contribution in [3.63, 3.8) is 0 Å². The number of carbonyl (C=O) groups is 2. The largest absolute Gasteiger partial charge is 0.444 e. The van der Waals surface area contributed by atoms with Gasteiger partial charge in [0.25, 0.3) is 0 Å². The number of rotatable bonds is 7. The van der Waals surface area contributed by atoms with E-state index in [4.69, 9.17) is 4.74 Å². The molecule has 2 amide bonds. The van der Waals surface area contributed by atoms with Gasteiger partial charge in [0.05, 0.1) is 5.41 Å². The molecule has 0 bridgehead atoms. The van der Waals surface area contributed by atoms with Crippen molar-refractivity contribution in [1.82, 2.24) is 4.90 Å². The SMILES string of the molecule is CCCC[C@@H](C)CC1CCN(c2ccc(N3CCC4(CCN(C(=O)OC(C)(C)C)CC4)C3=O)c(C)c2)C1. The first-order valence-corrected chi connectivity index (χ1v) is 14.7. The number of aryl methyl sites for hydroxylation is 1. The number of unbranched alkanes of at least 4 members (excludes halogenated alkanes) is 1. The zero-order valence-corrected chi connectivity index (χ0v) is 24.1. The third-order valence-corrected chi connectivity index (χ3v) is 8.79. The van der Waals surface area contributed by atoms with Crippen molar-refractivity contribution in [2.24, 2.45) is 17.3 Å². The van der Waals surface area contributed by atoms with Crippen LogP contribution in [0.4, 0.5) is 16.2 Å². The Labute approximate surface area is 224 Å². The van der Waals surface area contributed by atoms with E-state index >= 15 is 0 Å². The van der Waals surface area contributed by atoms with E-state index in [1.165, 1.54) is 43.4 Å². The Morgan fingerprint density at radius 1 is 1.14 bits per heavy atom. The fourth-order valence-electron chi connectivity index (χ4n) is 6.60. The summed E-state index contributed by atoms with van der Waals surface area (Å²) in [6.07, 6.45) is 8.62. The second-order valence-corrected chi connectivity index (χ2v) is 13.0. The standard InChI is InChI=1S/C31H49N3O3/c1-7-8-9-23(2)20-25-12-16-33(22-25)26-10-11-27(24(3)21-26)34-19-15-31(28(34)35)13-17-32(18-14-31)29(36)37-30(4,5)6/h10-11,21,23,25H,7-9,12-20,22H2,1-6H3/t23-,25?/m1/s1. The molecular weight excluding hydrogens is 462 g/mol. The summed E-state index contributed by atoms with van der Waals surface area (Å²) < 4.78 is 5.54. The molecular formula is C31H49N3O3. The van der Waals surface area contributed by atoms with Gasteiger partial charge in [0.1, 0.15) is 5.60 Å². The van der Waals surface area contributed by atoms with E-state index in [0.717, 1.165) is 43.6 Å². The van der Waals surface area contributed by atoms with Crippen LogP contribution in [0.5, 0.6) is 0 Å². The van der Waals surface area contributed by atoms with Crippen LogP contribution in [-0.2, 0) is 9.53 Å². The number of benzene rings is 1. The van der Waals surface area contributed by atoms with Crippen molar-refractivity contribution >= 4 is 23.4 Å². The highest BCUT2D eigenvalue weighted by molar-refractivity contribution is 6.00. The van der Waals surface area contributed by atoms with Gasteiger partial charge in [-0.05, 0) is 95.4 Å². The second kappa shape index (κ2) is 11.2. The molecule has 2 atom stereocenters. The van der Waals surface area contributed by atoms with Crippen molar-refractivity contribution in [3.05, 3.63) is 23.8 Å². The summed E-state index contributed by atoms with van der Waals surface area (Å²) in [5, 5.41) is 0. The van der Waals surface area contributed by atoms with Crippen LogP contribution in [-0.4, -0.2) is 55.2 Å². The molecule has 37 heavy (non-hydrogen) atoms. The minimum absolute atomic E-state index is 0.231. The van der Waals surface area contributed by atoms with Crippen LogP contribution in [0, 0.1) is 24.2 Å². The molecule has 1 aromatic rings. The van der Waals surface area contributed by atoms with Gasteiger partial charge in [-0.1, -0.05) is 33.1 Å². The molecule has 3 heterocycles. The van der Waals surface area contributed by atoms with Crippen LogP contribution in [0.2, 0.25) is 0 Å². The molecule has 6 nitrogen and oxygen atoms in total. The van der Waals surface area contributed by atoms with Gasteiger partial charge in [-0.3, -0.25) is 4.79 Å². The number of hydrogen-bond donors (Lipinski definition) is 0. The van der Waals surface area contributed by atoms with E-state index in [0.29, 0.717) is 25.9 Å². The van der Waals surface area contributed by atoms with Gasteiger partial charge in [-0.15, -0.1) is 0 Å². The molecule has 3 aliphatic heterocycles. The summed E-state index contributed by atoms with van der Waals surface area (Å²) in [7, 11) is 0. The van der Waals surface area contributed by atoms with Crippen molar-refractivity contribution in [2.45, 2.75) is 98.5 Å². The number of ether oxygens (including phenoxy) is 1. The number of amides is 2. The summed E-state index contributed by atoms with van der Waals surface area (Å²) in [4.78, 5) is 32.5. The molecule has 1 unspecified atom stereocenters. The first-order valence-electron chi connectivity index (χ1n) is 14.7. The van der Waals surface area contributed by atoms with Crippen molar-refractivity contribution in [2.75, 3.05) is 42.5 Å². The van der Waals surface area contributed by atoms with E-state index in [-0.39, 0.29) is 17.4 Å². The van der Waals surface area contributed by atoms with Crippen LogP contribution in [0.15, 0.2) is 18.2 Å². The van der Waals surface area contributed by atoms with Gasteiger partial charge in [-0.25, -0.2) is 4.79 Å². The lowest BCUT2D eigenvalue weighted by Crippen LogP contribution is -2.48. The van der Waals surface area contributed by atoms with Crippen LogP contribution in [0.25, 0.3) is 0 Å². The minimum atomic E-state index is -0.501. The maximum absolute atomic E-state index is 13.7. The van der Waals surface area contributed by atoms with Gasteiger partial charge >= 0.3 is 6.09 Å². The Kier molecular flexibility index (Phi) is 8.45. The van der Waals surface area contributed by atoms with E-state index < -0.39 is 5.60 Å². The molecule has 206 valence electrons. The molecule has 0 aliphatic carbocycles. The molecule has 1 spiro atoms. The molecule has 0 N–H and O–H groups in total. The Bertz CT molecular complexity index is 961. The van der Waals surface area contributed by atoms with Crippen LogP contribution >= 0.6 is 0 Å². The number of piperidine rings is 1. The minimum Gasteiger partial charge on any atom is -0.444 e. The van der Waals surface area contributed by atoms with E-state index in [2.05, 4.69) is 43.9 Å². The molecule has 3 fully saturated rings. The van der Waals surface area contributed by atoms with Crippen LogP contribution < -0.4 is 9.80 Å². The van der Waals surface area contributed by atoms with Crippen molar-refractivity contribution < 1.29 is 14.3 Å². The van der Waals surface area contributed by atoms with E-state index in [9.17, 15) is 9.59 Å². The van der Waals surface area contributed by atoms with Crippen molar-refractivity contribution in [3.8, 4) is 0 Å². The monoisotopic (exact) mass is 511 g/mol. The Hall–Kier alpha value is -2.24. The molecule has 3 aliphatic rings. The summed E-state index contributed by atoms with van der Waals surface area (Å²) in [5.74, 6) is 1.84. The zero-order valence-electron chi connectivity index (χ0n) is 24.1. The molecule has 0 aromatic heterocycles.